The minimum absolute atomic E-state index is 0.0150. The van der Waals surface area contributed by atoms with Crippen LogP contribution < -0.4 is 10.6 Å². The molecule has 1 aliphatic rings. The molecule has 0 aromatic carbocycles. The first-order chi connectivity index (χ1) is 9.90. The van der Waals surface area contributed by atoms with Crippen LogP contribution in [0.4, 0.5) is 5.69 Å². The summed E-state index contributed by atoms with van der Waals surface area (Å²) in [6.45, 7) is 4.91. The maximum atomic E-state index is 11.4. The van der Waals surface area contributed by atoms with Gasteiger partial charge in [-0.05, 0) is 12.8 Å². The van der Waals surface area contributed by atoms with Crippen LogP contribution in [0.2, 0.25) is 0 Å². The second-order valence-corrected chi connectivity index (χ2v) is 5.61. The molecule has 7 nitrogen and oxygen atoms in total. The fourth-order valence-electron chi connectivity index (χ4n) is 2.48. The quantitative estimate of drug-likeness (QED) is 0.856. The van der Waals surface area contributed by atoms with Crippen molar-refractivity contribution in [2.75, 3.05) is 18.0 Å². The van der Waals surface area contributed by atoms with Gasteiger partial charge in [-0.25, -0.2) is 14.8 Å². The van der Waals surface area contributed by atoms with Gasteiger partial charge in [-0.3, -0.25) is 4.79 Å². The number of primary amides is 1. The molecule has 114 valence electrons. The third-order valence-corrected chi connectivity index (χ3v) is 3.67. The molecule has 1 unspecified atom stereocenters. The van der Waals surface area contributed by atoms with E-state index in [0.29, 0.717) is 24.6 Å². The summed E-state index contributed by atoms with van der Waals surface area (Å²) in [7, 11) is 0. The van der Waals surface area contributed by atoms with Gasteiger partial charge in [0.05, 0.1) is 17.8 Å². The molecule has 2 rings (SSSR count). The van der Waals surface area contributed by atoms with Crippen molar-refractivity contribution in [1.82, 2.24) is 9.97 Å². The molecule has 1 amide bonds. The van der Waals surface area contributed by atoms with Crippen LogP contribution in [-0.4, -0.2) is 40.0 Å². The Labute approximate surface area is 123 Å². The number of piperidine rings is 1. The largest absolute Gasteiger partial charge is 0.476 e. The van der Waals surface area contributed by atoms with Crippen LogP contribution in [0.25, 0.3) is 0 Å². The zero-order valence-corrected chi connectivity index (χ0v) is 12.2. The zero-order valence-electron chi connectivity index (χ0n) is 12.2. The van der Waals surface area contributed by atoms with Gasteiger partial charge in [0.1, 0.15) is 5.82 Å². The number of carboxylic acids is 1. The maximum Gasteiger partial charge on any atom is 0.356 e. The van der Waals surface area contributed by atoms with Crippen LogP contribution in [0.15, 0.2) is 6.20 Å². The van der Waals surface area contributed by atoms with E-state index in [2.05, 4.69) is 9.97 Å². The number of nitrogens with zero attached hydrogens (tertiary/aromatic N) is 3. The van der Waals surface area contributed by atoms with Crippen molar-refractivity contribution in [2.45, 2.75) is 32.6 Å². The highest BCUT2D eigenvalue weighted by Crippen LogP contribution is 2.26. The summed E-state index contributed by atoms with van der Waals surface area (Å²) in [5.41, 5.74) is 5.80. The molecule has 0 radical (unpaired) electrons. The second-order valence-electron chi connectivity index (χ2n) is 5.61. The molecule has 7 heteroatoms. The number of hydrogen-bond acceptors (Lipinski definition) is 5. The van der Waals surface area contributed by atoms with Gasteiger partial charge < -0.3 is 15.7 Å². The number of carbonyl (C=O) groups is 2. The molecule has 1 saturated heterocycles. The van der Waals surface area contributed by atoms with E-state index < -0.39 is 5.97 Å². The lowest BCUT2D eigenvalue weighted by atomic mass is 9.97. The minimum Gasteiger partial charge on any atom is -0.476 e. The molecule has 0 aliphatic carbocycles. The van der Waals surface area contributed by atoms with Crippen molar-refractivity contribution in [3.8, 4) is 0 Å². The van der Waals surface area contributed by atoms with E-state index >= 15 is 0 Å². The van der Waals surface area contributed by atoms with Crippen LogP contribution in [0.1, 0.15) is 48.9 Å². The van der Waals surface area contributed by atoms with Gasteiger partial charge in [-0.15, -0.1) is 0 Å². The monoisotopic (exact) mass is 292 g/mol. The van der Waals surface area contributed by atoms with Crippen molar-refractivity contribution < 1.29 is 14.7 Å². The number of nitrogens with two attached hydrogens (primary N) is 1. The van der Waals surface area contributed by atoms with E-state index in [1.54, 1.807) is 0 Å². The molecular weight excluding hydrogens is 272 g/mol. The first kappa shape index (κ1) is 15.2. The van der Waals surface area contributed by atoms with E-state index in [4.69, 9.17) is 5.73 Å². The molecule has 0 spiro atoms. The molecule has 0 saturated carbocycles. The van der Waals surface area contributed by atoms with Crippen LogP contribution in [-0.2, 0) is 4.79 Å². The highest BCUT2D eigenvalue weighted by Gasteiger charge is 2.28. The summed E-state index contributed by atoms with van der Waals surface area (Å²) in [5, 5.41) is 9.37. The van der Waals surface area contributed by atoms with Crippen molar-refractivity contribution in [3.63, 3.8) is 0 Å². The molecule has 1 atom stereocenters. The van der Waals surface area contributed by atoms with Gasteiger partial charge in [0.15, 0.2) is 5.69 Å². The van der Waals surface area contributed by atoms with E-state index in [-0.39, 0.29) is 23.4 Å². The lowest BCUT2D eigenvalue weighted by molar-refractivity contribution is -0.122. The number of hydrogen-bond donors (Lipinski definition) is 2. The predicted octanol–water partition coefficient (Wildman–Crippen LogP) is 1.000. The van der Waals surface area contributed by atoms with Gasteiger partial charge in [-0.1, -0.05) is 13.8 Å². The Kier molecular flexibility index (Phi) is 4.40. The Bertz CT molecular complexity index is 559. The van der Waals surface area contributed by atoms with Crippen molar-refractivity contribution in [2.24, 2.45) is 11.7 Å². The lowest BCUT2D eigenvalue weighted by Gasteiger charge is -2.33. The van der Waals surface area contributed by atoms with Crippen molar-refractivity contribution >= 4 is 17.6 Å². The van der Waals surface area contributed by atoms with Crippen molar-refractivity contribution in [1.29, 1.82) is 0 Å². The van der Waals surface area contributed by atoms with Gasteiger partial charge in [-0.2, -0.15) is 0 Å². The van der Waals surface area contributed by atoms with E-state index in [1.165, 1.54) is 6.20 Å². The third kappa shape index (κ3) is 3.29. The van der Waals surface area contributed by atoms with Gasteiger partial charge in [0.2, 0.25) is 5.91 Å². The normalized spacial score (nSPS) is 18.8. The Balaban J connectivity index is 2.34. The van der Waals surface area contributed by atoms with Crippen LogP contribution in [0.5, 0.6) is 0 Å². The smallest absolute Gasteiger partial charge is 0.356 e. The summed E-state index contributed by atoms with van der Waals surface area (Å²) < 4.78 is 0. The summed E-state index contributed by atoms with van der Waals surface area (Å²) in [6, 6.07) is 0. The van der Waals surface area contributed by atoms with E-state index in [0.717, 1.165) is 12.8 Å². The Morgan fingerprint density at radius 1 is 1.48 bits per heavy atom. The lowest BCUT2D eigenvalue weighted by Crippen LogP contribution is -2.42. The van der Waals surface area contributed by atoms with Gasteiger partial charge in [0.25, 0.3) is 0 Å². The number of carbonyl (C=O) groups excluding carboxylic acids is 1. The fourth-order valence-corrected chi connectivity index (χ4v) is 2.48. The molecule has 2 heterocycles. The number of anilines is 1. The SMILES string of the molecule is CC(C)c1ncc(N2CCCC(C(N)=O)C2)c(C(=O)O)n1. The fraction of sp³-hybridized carbons (Fsp3) is 0.571. The number of carboxylic acid groups (broad SMARTS) is 1. The molecule has 1 fully saturated rings. The van der Waals surface area contributed by atoms with Crippen molar-refractivity contribution in [3.05, 3.63) is 17.7 Å². The number of rotatable bonds is 4. The average molecular weight is 292 g/mol. The summed E-state index contributed by atoms with van der Waals surface area (Å²) in [4.78, 5) is 33.0. The topological polar surface area (TPSA) is 109 Å². The van der Waals surface area contributed by atoms with Gasteiger partial charge in [0, 0.05) is 19.0 Å². The van der Waals surface area contributed by atoms with Gasteiger partial charge >= 0.3 is 5.97 Å². The molecule has 3 N–H and O–H groups in total. The molecule has 1 aromatic rings. The average Bonchev–Trinajstić information content (AvgIpc) is 2.46. The zero-order chi connectivity index (χ0) is 15.6. The summed E-state index contributed by atoms with van der Waals surface area (Å²) in [6.07, 6.45) is 3.06. The first-order valence-corrected chi connectivity index (χ1v) is 7.04. The molecule has 1 aliphatic heterocycles. The highest BCUT2D eigenvalue weighted by atomic mass is 16.4. The molecular formula is C14H20N4O3. The standard InChI is InChI=1S/C14H20N4O3/c1-8(2)13-16-6-10(11(17-13)14(20)21)18-5-3-4-9(7-18)12(15)19/h6,8-9H,3-5,7H2,1-2H3,(H2,15,19)(H,20,21). The van der Waals surface area contributed by atoms with Crippen LogP contribution >= 0.6 is 0 Å². The maximum absolute atomic E-state index is 11.4. The number of amides is 1. The van der Waals surface area contributed by atoms with Crippen LogP contribution in [0, 0.1) is 5.92 Å². The molecule has 0 bridgehead atoms. The Morgan fingerprint density at radius 2 is 2.19 bits per heavy atom. The third-order valence-electron chi connectivity index (χ3n) is 3.67. The predicted molar refractivity (Wildman–Crippen MR) is 77.2 cm³/mol. The molecule has 1 aromatic heterocycles. The highest BCUT2D eigenvalue weighted by molar-refractivity contribution is 5.92. The summed E-state index contributed by atoms with van der Waals surface area (Å²) >= 11 is 0. The number of aromatic nitrogens is 2. The molecule has 21 heavy (non-hydrogen) atoms. The summed E-state index contributed by atoms with van der Waals surface area (Å²) in [5.74, 6) is -1.14. The van der Waals surface area contributed by atoms with Crippen LogP contribution in [0.3, 0.4) is 0 Å². The Morgan fingerprint density at radius 3 is 2.76 bits per heavy atom. The van der Waals surface area contributed by atoms with E-state index in [1.807, 2.05) is 18.7 Å². The Hall–Kier alpha value is -2.18. The number of aromatic carboxylic acids is 1. The second kappa shape index (κ2) is 6.07. The first-order valence-electron chi connectivity index (χ1n) is 7.04. The minimum atomic E-state index is -1.09. The van der Waals surface area contributed by atoms with E-state index in [9.17, 15) is 14.7 Å².